The van der Waals surface area contributed by atoms with E-state index in [0.717, 1.165) is 38.2 Å². The molecular formula is C21H23NOS. The van der Waals surface area contributed by atoms with E-state index in [4.69, 9.17) is 0 Å². The molecule has 0 atom stereocenters. The average molecular weight is 337 g/mol. The monoisotopic (exact) mass is 337 g/mol. The fourth-order valence-corrected chi connectivity index (χ4v) is 4.87. The summed E-state index contributed by atoms with van der Waals surface area (Å²) in [6.45, 7) is 3.16. The van der Waals surface area contributed by atoms with E-state index >= 15 is 0 Å². The van der Waals surface area contributed by atoms with Crippen LogP contribution in [-0.4, -0.2) is 36.2 Å². The Labute approximate surface area is 148 Å². The van der Waals surface area contributed by atoms with Crippen LogP contribution in [0.3, 0.4) is 0 Å². The second-order valence-corrected chi connectivity index (χ2v) is 7.50. The summed E-state index contributed by atoms with van der Waals surface area (Å²) in [5.74, 6) is 1.04. The number of hydrogen-bond donors (Lipinski definition) is 1. The molecule has 2 aliphatic rings. The van der Waals surface area contributed by atoms with Crippen molar-refractivity contribution in [2.45, 2.75) is 23.5 Å². The van der Waals surface area contributed by atoms with Gasteiger partial charge in [0.25, 0.3) is 0 Å². The normalized spacial score (nSPS) is 18.0. The minimum atomic E-state index is 0.258. The number of nitrogens with zero attached hydrogens (tertiary/aromatic N) is 1. The molecule has 2 aromatic rings. The Bertz CT molecular complexity index is 708. The van der Waals surface area contributed by atoms with Crippen LogP contribution in [0.15, 0.2) is 59.0 Å². The highest BCUT2D eigenvalue weighted by Crippen LogP contribution is 2.43. The lowest BCUT2D eigenvalue weighted by Crippen LogP contribution is -2.33. The SMILES string of the molecule is OCCN1CCC(=C2c3ccccc3CSc3ccccc32)CC1. The number of fused-ring (bicyclic) bond motifs is 2. The second-order valence-electron chi connectivity index (χ2n) is 6.49. The Balaban J connectivity index is 1.80. The number of likely N-dealkylation sites (tertiary alicyclic amines) is 1. The van der Waals surface area contributed by atoms with Crippen LogP contribution in [0.1, 0.15) is 29.5 Å². The number of benzene rings is 2. The largest absolute Gasteiger partial charge is 0.395 e. The molecule has 124 valence electrons. The number of thioether (sulfide) groups is 1. The predicted molar refractivity (Wildman–Crippen MR) is 101 cm³/mol. The predicted octanol–water partition coefficient (Wildman–Crippen LogP) is 4.18. The molecular weight excluding hydrogens is 314 g/mol. The Kier molecular flexibility index (Phi) is 4.74. The molecule has 0 saturated carbocycles. The van der Waals surface area contributed by atoms with Crippen LogP contribution in [0.4, 0.5) is 0 Å². The van der Waals surface area contributed by atoms with E-state index in [0.29, 0.717) is 0 Å². The maximum Gasteiger partial charge on any atom is 0.0558 e. The van der Waals surface area contributed by atoms with Gasteiger partial charge in [0.15, 0.2) is 0 Å². The summed E-state index contributed by atoms with van der Waals surface area (Å²) in [6, 6.07) is 17.7. The number of piperidine rings is 1. The van der Waals surface area contributed by atoms with E-state index in [1.807, 2.05) is 11.8 Å². The van der Waals surface area contributed by atoms with Gasteiger partial charge in [0.1, 0.15) is 0 Å². The Morgan fingerprint density at radius 3 is 2.42 bits per heavy atom. The van der Waals surface area contributed by atoms with Gasteiger partial charge in [-0.05, 0) is 41.2 Å². The highest BCUT2D eigenvalue weighted by Gasteiger charge is 2.23. The standard InChI is InChI=1S/C21H23NOS/c23-14-13-22-11-9-16(10-12-22)21-18-6-2-1-5-17(18)15-24-20-8-4-3-7-19(20)21/h1-8,23H,9-15H2. The van der Waals surface area contributed by atoms with Gasteiger partial charge in [-0.15, -0.1) is 11.8 Å². The molecule has 0 aromatic heterocycles. The minimum Gasteiger partial charge on any atom is -0.395 e. The van der Waals surface area contributed by atoms with Crippen LogP contribution < -0.4 is 0 Å². The molecule has 0 aliphatic carbocycles. The Morgan fingerprint density at radius 1 is 0.917 bits per heavy atom. The highest BCUT2D eigenvalue weighted by atomic mass is 32.2. The summed E-state index contributed by atoms with van der Waals surface area (Å²) in [4.78, 5) is 3.77. The van der Waals surface area contributed by atoms with E-state index in [9.17, 15) is 5.11 Å². The maximum absolute atomic E-state index is 9.17. The van der Waals surface area contributed by atoms with Gasteiger partial charge >= 0.3 is 0 Å². The van der Waals surface area contributed by atoms with E-state index in [2.05, 4.69) is 53.4 Å². The third kappa shape index (κ3) is 3.04. The zero-order valence-electron chi connectivity index (χ0n) is 13.9. The number of rotatable bonds is 2. The van der Waals surface area contributed by atoms with Gasteiger partial charge in [0, 0.05) is 30.3 Å². The molecule has 2 nitrogen and oxygen atoms in total. The van der Waals surface area contributed by atoms with Crippen molar-refractivity contribution in [2.24, 2.45) is 0 Å². The Morgan fingerprint density at radius 2 is 1.62 bits per heavy atom. The molecule has 24 heavy (non-hydrogen) atoms. The molecule has 1 N–H and O–H groups in total. The van der Waals surface area contributed by atoms with Crippen LogP contribution >= 0.6 is 11.8 Å². The van der Waals surface area contributed by atoms with Gasteiger partial charge in [-0.3, -0.25) is 0 Å². The van der Waals surface area contributed by atoms with Crippen LogP contribution in [-0.2, 0) is 5.75 Å². The fourth-order valence-electron chi connectivity index (χ4n) is 3.81. The molecule has 1 saturated heterocycles. The van der Waals surface area contributed by atoms with Crippen molar-refractivity contribution in [1.82, 2.24) is 4.90 Å². The smallest absolute Gasteiger partial charge is 0.0558 e. The molecule has 1 fully saturated rings. The van der Waals surface area contributed by atoms with Crippen LogP contribution in [0, 0.1) is 0 Å². The molecule has 0 bridgehead atoms. The van der Waals surface area contributed by atoms with Crippen molar-refractivity contribution in [2.75, 3.05) is 26.2 Å². The molecule has 0 amide bonds. The van der Waals surface area contributed by atoms with Crippen molar-refractivity contribution in [3.05, 3.63) is 70.8 Å². The fraction of sp³-hybridized carbons (Fsp3) is 0.333. The van der Waals surface area contributed by atoms with Crippen molar-refractivity contribution >= 4 is 17.3 Å². The van der Waals surface area contributed by atoms with Gasteiger partial charge in [0.2, 0.25) is 0 Å². The van der Waals surface area contributed by atoms with Gasteiger partial charge in [0.05, 0.1) is 6.61 Å². The first-order chi connectivity index (χ1) is 11.9. The van der Waals surface area contributed by atoms with Gasteiger partial charge in [-0.2, -0.15) is 0 Å². The zero-order valence-corrected chi connectivity index (χ0v) is 14.7. The summed E-state index contributed by atoms with van der Waals surface area (Å²) in [5, 5.41) is 9.17. The molecule has 0 unspecified atom stereocenters. The van der Waals surface area contributed by atoms with Crippen molar-refractivity contribution in [1.29, 1.82) is 0 Å². The van der Waals surface area contributed by atoms with Gasteiger partial charge < -0.3 is 10.0 Å². The van der Waals surface area contributed by atoms with Crippen molar-refractivity contribution < 1.29 is 5.11 Å². The molecule has 3 heteroatoms. The first kappa shape index (κ1) is 15.9. The average Bonchev–Trinajstić information content (AvgIpc) is 2.80. The molecule has 4 rings (SSSR count). The van der Waals surface area contributed by atoms with E-state index in [1.54, 1.807) is 5.57 Å². The van der Waals surface area contributed by atoms with Crippen LogP contribution in [0.2, 0.25) is 0 Å². The third-order valence-electron chi connectivity index (χ3n) is 5.06. The molecule has 2 aromatic carbocycles. The lowest BCUT2D eigenvalue weighted by molar-refractivity contribution is 0.187. The summed E-state index contributed by atoms with van der Waals surface area (Å²) < 4.78 is 0. The summed E-state index contributed by atoms with van der Waals surface area (Å²) in [7, 11) is 0. The quantitative estimate of drug-likeness (QED) is 0.889. The minimum absolute atomic E-state index is 0.258. The first-order valence-electron chi connectivity index (χ1n) is 8.72. The second kappa shape index (κ2) is 7.14. The van der Waals surface area contributed by atoms with Gasteiger partial charge in [-0.25, -0.2) is 0 Å². The van der Waals surface area contributed by atoms with E-state index < -0.39 is 0 Å². The molecule has 2 heterocycles. The summed E-state index contributed by atoms with van der Waals surface area (Å²) in [5.41, 5.74) is 7.30. The number of aliphatic hydroxyl groups excluding tert-OH is 1. The van der Waals surface area contributed by atoms with Crippen molar-refractivity contribution in [3.63, 3.8) is 0 Å². The number of hydrogen-bond acceptors (Lipinski definition) is 3. The highest BCUT2D eigenvalue weighted by molar-refractivity contribution is 7.98. The summed E-state index contributed by atoms with van der Waals surface area (Å²) in [6.07, 6.45) is 2.20. The molecule has 0 radical (unpaired) electrons. The lowest BCUT2D eigenvalue weighted by Gasteiger charge is -2.29. The third-order valence-corrected chi connectivity index (χ3v) is 6.18. The van der Waals surface area contributed by atoms with Crippen molar-refractivity contribution in [3.8, 4) is 0 Å². The number of β-amino-alcohol motifs (C(OH)–C–C–N with tert-alkyl or cyclic N) is 1. The molecule has 2 aliphatic heterocycles. The summed E-state index contributed by atoms with van der Waals surface area (Å²) >= 11 is 1.95. The van der Waals surface area contributed by atoms with Crippen LogP contribution in [0.25, 0.3) is 5.57 Å². The van der Waals surface area contributed by atoms with E-state index in [1.165, 1.54) is 27.2 Å². The zero-order chi connectivity index (χ0) is 16.4. The van der Waals surface area contributed by atoms with Gasteiger partial charge in [-0.1, -0.05) is 48.0 Å². The Hall–Kier alpha value is -1.55. The lowest BCUT2D eigenvalue weighted by atomic mass is 9.86. The van der Waals surface area contributed by atoms with Crippen LogP contribution in [0.5, 0.6) is 0 Å². The maximum atomic E-state index is 9.17. The molecule has 0 spiro atoms. The number of aliphatic hydroxyl groups is 1. The van der Waals surface area contributed by atoms with E-state index in [-0.39, 0.29) is 6.61 Å². The first-order valence-corrected chi connectivity index (χ1v) is 9.71. The topological polar surface area (TPSA) is 23.5 Å².